The predicted octanol–water partition coefficient (Wildman–Crippen LogP) is 5.58. The van der Waals surface area contributed by atoms with Crippen molar-refractivity contribution in [1.82, 2.24) is 0 Å². The maximum absolute atomic E-state index is 12.6. The van der Waals surface area contributed by atoms with Gasteiger partial charge in [0.05, 0.1) is 17.0 Å². The van der Waals surface area contributed by atoms with E-state index in [-0.39, 0.29) is 5.43 Å². The van der Waals surface area contributed by atoms with E-state index < -0.39 is 0 Å². The fraction of sp³-hybridized carbons (Fsp3) is 0.211. The lowest BCUT2D eigenvalue weighted by molar-refractivity contribution is 0.409. The summed E-state index contributed by atoms with van der Waals surface area (Å²) in [5.74, 6) is 1.72. The molecule has 0 unspecified atom stereocenters. The minimum atomic E-state index is -0.138. The van der Waals surface area contributed by atoms with Gasteiger partial charge in [0.1, 0.15) is 16.0 Å². The minimum Gasteiger partial charge on any atom is -0.508 e. The molecule has 0 radical (unpaired) electrons. The van der Waals surface area contributed by atoms with Gasteiger partial charge >= 0.3 is 0 Å². The summed E-state index contributed by atoms with van der Waals surface area (Å²) < 4.78 is 12.6. The molecule has 1 N–H and O–H groups in total. The first-order chi connectivity index (χ1) is 12.0. The SMILES string of the molecule is COc1c(Br)cc2c(=O)cc(-c3ccc(O)c(C4CC4)c3)oc2c1Br. The normalized spacial score (nSPS) is 14.0. The molecule has 1 heterocycles. The summed E-state index contributed by atoms with van der Waals surface area (Å²) in [5, 5.41) is 10.5. The zero-order valence-electron chi connectivity index (χ0n) is 13.3. The zero-order valence-corrected chi connectivity index (χ0v) is 16.5. The molecule has 1 aromatic heterocycles. The van der Waals surface area contributed by atoms with Gasteiger partial charge in [0.25, 0.3) is 0 Å². The van der Waals surface area contributed by atoms with Crippen molar-refractivity contribution < 1.29 is 14.3 Å². The standard InChI is InChI=1S/C19H14Br2O4/c1-24-19-13(20)7-12-15(23)8-16(25-18(12)17(19)21)10-4-5-14(22)11(6-10)9-2-3-9/h4-9,22H,2-3H2,1H3. The molecule has 2 aromatic carbocycles. The van der Waals surface area contributed by atoms with Gasteiger partial charge < -0.3 is 14.3 Å². The molecular formula is C19H14Br2O4. The number of phenolic OH excluding ortho intramolecular Hbond substituents is 1. The largest absolute Gasteiger partial charge is 0.508 e. The van der Waals surface area contributed by atoms with Crippen LogP contribution in [0.4, 0.5) is 0 Å². The summed E-state index contributed by atoms with van der Waals surface area (Å²) in [4.78, 5) is 12.6. The molecular weight excluding hydrogens is 452 g/mol. The van der Waals surface area contributed by atoms with Crippen molar-refractivity contribution in [2.45, 2.75) is 18.8 Å². The average Bonchev–Trinajstić information content (AvgIpc) is 3.41. The summed E-state index contributed by atoms with van der Waals surface area (Å²) >= 11 is 6.87. The topological polar surface area (TPSA) is 59.7 Å². The number of hydrogen-bond donors (Lipinski definition) is 1. The second kappa shape index (κ2) is 6.18. The first kappa shape index (κ1) is 16.7. The molecule has 1 aliphatic rings. The fourth-order valence-electron chi connectivity index (χ4n) is 2.96. The Balaban J connectivity index is 1.94. The fourth-order valence-corrected chi connectivity index (χ4v) is 4.49. The second-order valence-electron chi connectivity index (χ2n) is 6.11. The van der Waals surface area contributed by atoms with E-state index in [1.165, 1.54) is 6.07 Å². The molecule has 1 aliphatic carbocycles. The van der Waals surface area contributed by atoms with Crippen LogP contribution in [-0.2, 0) is 0 Å². The number of rotatable bonds is 3. The molecule has 0 bridgehead atoms. The van der Waals surface area contributed by atoms with Crippen LogP contribution in [0.3, 0.4) is 0 Å². The quantitative estimate of drug-likeness (QED) is 0.548. The molecule has 1 saturated carbocycles. The van der Waals surface area contributed by atoms with E-state index in [1.54, 1.807) is 25.3 Å². The Bertz CT molecular complexity index is 1050. The highest BCUT2D eigenvalue weighted by atomic mass is 79.9. The van der Waals surface area contributed by atoms with Gasteiger partial charge in [-0.2, -0.15) is 0 Å². The van der Waals surface area contributed by atoms with Gasteiger partial charge in [0.2, 0.25) is 0 Å². The molecule has 25 heavy (non-hydrogen) atoms. The van der Waals surface area contributed by atoms with E-state index in [1.807, 2.05) is 6.07 Å². The highest BCUT2D eigenvalue weighted by Gasteiger charge is 2.27. The van der Waals surface area contributed by atoms with E-state index >= 15 is 0 Å². The Hall–Kier alpha value is -1.79. The van der Waals surface area contributed by atoms with E-state index in [2.05, 4.69) is 31.9 Å². The molecule has 128 valence electrons. The highest BCUT2D eigenvalue weighted by molar-refractivity contribution is 9.11. The second-order valence-corrected chi connectivity index (χ2v) is 7.75. The van der Waals surface area contributed by atoms with Crippen molar-refractivity contribution >= 4 is 42.8 Å². The van der Waals surface area contributed by atoms with Crippen LogP contribution in [0.25, 0.3) is 22.3 Å². The third-order valence-corrected chi connectivity index (χ3v) is 5.71. The number of halogens is 2. The molecule has 0 saturated heterocycles. The van der Waals surface area contributed by atoms with Gasteiger partial charge in [0.15, 0.2) is 16.8 Å². The number of methoxy groups -OCH3 is 1. The summed E-state index contributed by atoms with van der Waals surface area (Å²) in [7, 11) is 1.56. The van der Waals surface area contributed by atoms with Crippen molar-refractivity contribution in [2.24, 2.45) is 0 Å². The van der Waals surface area contributed by atoms with E-state index in [0.29, 0.717) is 43.1 Å². The lowest BCUT2D eigenvalue weighted by atomic mass is 10.0. The molecule has 0 amide bonds. The third-order valence-electron chi connectivity index (χ3n) is 4.40. The van der Waals surface area contributed by atoms with Crippen LogP contribution >= 0.6 is 31.9 Å². The average molecular weight is 466 g/mol. The van der Waals surface area contributed by atoms with Crippen LogP contribution < -0.4 is 10.2 Å². The summed E-state index contributed by atoms with van der Waals surface area (Å²) in [5.41, 5.74) is 1.98. The van der Waals surface area contributed by atoms with Crippen LogP contribution in [-0.4, -0.2) is 12.2 Å². The van der Waals surface area contributed by atoms with Crippen LogP contribution in [0.2, 0.25) is 0 Å². The Labute approximate surface area is 160 Å². The molecule has 0 spiro atoms. The summed E-state index contributed by atoms with van der Waals surface area (Å²) in [6, 6.07) is 8.50. The number of ether oxygens (including phenoxy) is 1. The molecule has 0 aliphatic heterocycles. The Morgan fingerprint density at radius 2 is 1.96 bits per heavy atom. The number of hydrogen-bond acceptors (Lipinski definition) is 4. The molecule has 4 rings (SSSR count). The van der Waals surface area contributed by atoms with E-state index in [9.17, 15) is 9.90 Å². The maximum Gasteiger partial charge on any atom is 0.193 e. The number of phenols is 1. The number of benzene rings is 2. The Morgan fingerprint density at radius 3 is 2.64 bits per heavy atom. The summed E-state index contributed by atoms with van der Waals surface area (Å²) in [6.07, 6.45) is 2.16. The van der Waals surface area contributed by atoms with Gasteiger partial charge in [-0.15, -0.1) is 0 Å². The van der Waals surface area contributed by atoms with Gasteiger partial charge in [0, 0.05) is 11.6 Å². The van der Waals surface area contributed by atoms with Crippen LogP contribution in [0, 0.1) is 0 Å². The molecule has 6 heteroatoms. The maximum atomic E-state index is 12.6. The van der Waals surface area contributed by atoms with Crippen molar-refractivity contribution in [3.05, 3.63) is 55.1 Å². The smallest absolute Gasteiger partial charge is 0.193 e. The highest BCUT2D eigenvalue weighted by Crippen LogP contribution is 2.45. The lowest BCUT2D eigenvalue weighted by Gasteiger charge is -2.11. The van der Waals surface area contributed by atoms with Crippen molar-refractivity contribution in [2.75, 3.05) is 7.11 Å². The van der Waals surface area contributed by atoms with Crippen LogP contribution in [0.5, 0.6) is 11.5 Å². The van der Waals surface area contributed by atoms with Crippen molar-refractivity contribution in [3.8, 4) is 22.8 Å². The van der Waals surface area contributed by atoms with Crippen LogP contribution in [0.1, 0.15) is 24.3 Å². The lowest BCUT2D eigenvalue weighted by Crippen LogP contribution is -2.02. The van der Waals surface area contributed by atoms with Crippen molar-refractivity contribution in [3.63, 3.8) is 0 Å². The number of fused-ring (bicyclic) bond motifs is 1. The number of aromatic hydroxyl groups is 1. The third kappa shape index (κ3) is 2.87. The van der Waals surface area contributed by atoms with Gasteiger partial charge in [-0.1, -0.05) is 0 Å². The zero-order chi connectivity index (χ0) is 17.7. The van der Waals surface area contributed by atoms with Gasteiger partial charge in [-0.05, 0) is 80.4 Å². The first-order valence-electron chi connectivity index (χ1n) is 7.82. The van der Waals surface area contributed by atoms with Crippen molar-refractivity contribution in [1.29, 1.82) is 0 Å². The van der Waals surface area contributed by atoms with Gasteiger partial charge in [-0.25, -0.2) is 0 Å². The van der Waals surface area contributed by atoms with Gasteiger partial charge in [-0.3, -0.25) is 4.79 Å². The first-order valence-corrected chi connectivity index (χ1v) is 9.41. The molecule has 3 aromatic rings. The Morgan fingerprint density at radius 1 is 1.20 bits per heavy atom. The minimum absolute atomic E-state index is 0.138. The van der Waals surface area contributed by atoms with E-state index in [4.69, 9.17) is 9.15 Å². The molecule has 0 atom stereocenters. The molecule has 4 nitrogen and oxygen atoms in total. The predicted molar refractivity (Wildman–Crippen MR) is 104 cm³/mol. The summed E-state index contributed by atoms with van der Waals surface area (Å²) in [6.45, 7) is 0. The monoisotopic (exact) mass is 464 g/mol. The molecule has 1 fully saturated rings. The van der Waals surface area contributed by atoms with E-state index in [0.717, 1.165) is 24.0 Å². The Kier molecular flexibility index (Phi) is 4.12. The van der Waals surface area contributed by atoms with Crippen LogP contribution in [0.15, 0.2) is 48.5 Å².